The van der Waals surface area contributed by atoms with Crippen LogP contribution in [0.4, 0.5) is 0 Å². The number of halogens is 1. The highest BCUT2D eigenvalue weighted by Gasteiger charge is 2.06. The monoisotopic (exact) mass is 336 g/mol. The molecular formula is C15H17BrN2O2. The predicted molar refractivity (Wildman–Crippen MR) is 82.0 cm³/mol. The highest BCUT2D eigenvalue weighted by Crippen LogP contribution is 2.25. The Morgan fingerprint density at radius 1 is 1.25 bits per heavy atom. The lowest BCUT2D eigenvalue weighted by atomic mass is 10.2. The minimum atomic E-state index is 0.441. The molecule has 4 nitrogen and oxygen atoms in total. The summed E-state index contributed by atoms with van der Waals surface area (Å²) in [5, 5.41) is 3.12. The van der Waals surface area contributed by atoms with Crippen LogP contribution < -0.4 is 14.8 Å². The lowest BCUT2D eigenvalue weighted by Gasteiger charge is -2.12. The van der Waals surface area contributed by atoms with Crippen molar-refractivity contribution >= 4 is 15.9 Å². The van der Waals surface area contributed by atoms with Crippen LogP contribution in [0.15, 0.2) is 41.0 Å². The molecule has 0 saturated carbocycles. The summed E-state index contributed by atoms with van der Waals surface area (Å²) >= 11 is 3.36. The van der Waals surface area contributed by atoms with E-state index < -0.39 is 0 Å². The average Bonchev–Trinajstić information content (AvgIpc) is 2.48. The Balaban J connectivity index is 2.09. The molecule has 2 aromatic rings. The normalized spacial score (nSPS) is 10.3. The molecule has 0 atom stereocenters. The Labute approximate surface area is 127 Å². The van der Waals surface area contributed by atoms with E-state index in [1.807, 2.05) is 37.4 Å². The molecule has 106 valence electrons. The molecular weight excluding hydrogens is 320 g/mol. The van der Waals surface area contributed by atoms with Crippen LogP contribution in [0.2, 0.25) is 0 Å². The smallest absolute Gasteiger partial charge is 0.130 e. The fraction of sp³-hybridized carbons (Fsp3) is 0.267. The fourth-order valence-electron chi connectivity index (χ4n) is 1.80. The second kappa shape index (κ2) is 7.26. The van der Waals surface area contributed by atoms with Crippen molar-refractivity contribution in [3.05, 3.63) is 52.3 Å². The Kier molecular flexibility index (Phi) is 5.38. The van der Waals surface area contributed by atoms with Gasteiger partial charge in [0.1, 0.15) is 18.1 Å². The van der Waals surface area contributed by atoms with Crippen molar-refractivity contribution in [2.24, 2.45) is 0 Å². The lowest BCUT2D eigenvalue weighted by molar-refractivity contribution is 0.296. The SMILES string of the molecule is CNCc1cc(OC)ccc1OCc1ccc(Br)cn1. The van der Waals surface area contributed by atoms with Crippen LogP contribution >= 0.6 is 15.9 Å². The van der Waals surface area contributed by atoms with Gasteiger partial charge in [-0.1, -0.05) is 0 Å². The molecule has 0 amide bonds. The van der Waals surface area contributed by atoms with E-state index in [9.17, 15) is 0 Å². The van der Waals surface area contributed by atoms with Gasteiger partial charge in [-0.2, -0.15) is 0 Å². The summed E-state index contributed by atoms with van der Waals surface area (Å²) in [5.74, 6) is 1.66. The molecule has 0 aliphatic heterocycles. The minimum Gasteiger partial charge on any atom is -0.497 e. The van der Waals surface area contributed by atoms with Crippen LogP contribution in [0.1, 0.15) is 11.3 Å². The summed E-state index contributed by atoms with van der Waals surface area (Å²) in [6.07, 6.45) is 1.77. The molecule has 1 N–H and O–H groups in total. The highest BCUT2D eigenvalue weighted by molar-refractivity contribution is 9.10. The van der Waals surface area contributed by atoms with Crippen LogP contribution in [0.25, 0.3) is 0 Å². The maximum atomic E-state index is 5.84. The molecule has 2 rings (SSSR count). The van der Waals surface area contributed by atoms with Crippen molar-refractivity contribution in [3.8, 4) is 11.5 Å². The molecule has 1 heterocycles. The van der Waals surface area contributed by atoms with Crippen molar-refractivity contribution in [2.45, 2.75) is 13.2 Å². The van der Waals surface area contributed by atoms with Gasteiger partial charge < -0.3 is 14.8 Å². The van der Waals surface area contributed by atoms with Gasteiger partial charge >= 0.3 is 0 Å². The molecule has 20 heavy (non-hydrogen) atoms. The van der Waals surface area contributed by atoms with Crippen LogP contribution in [0, 0.1) is 0 Å². The van der Waals surface area contributed by atoms with Crippen LogP contribution in [0.5, 0.6) is 11.5 Å². The molecule has 1 aromatic heterocycles. The van der Waals surface area contributed by atoms with E-state index in [0.717, 1.165) is 33.8 Å². The molecule has 0 spiro atoms. The first-order valence-corrected chi connectivity index (χ1v) is 7.07. The number of benzene rings is 1. The second-order valence-corrected chi connectivity index (χ2v) is 5.18. The zero-order valence-corrected chi connectivity index (χ0v) is 13.1. The Morgan fingerprint density at radius 2 is 2.10 bits per heavy atom. The van der Waals surface area contributed by atoms with Gasteiger partial charge in [0.05, 0.1) is 12.8 Å². The number of aromatic nitrogens is 1. The van der Waals surface area contributed by atoms with E-state index in [0.29, 0.717) is 6.61 Å². The van der Waals surface area contributed by atoms with Gasteiger partial charge in [-0.15, -0.1) is 0 Å². The zero-order chi connectivity index (χ0) is 14.4. The number of pyridine rings is 1. The number of nitrogens with zero attached hydrogens (tertiary/aromatic N) is 1. The lowest BCUT2D eigenvalue weighted by Crippen LogP contribution is -2.08. The maximum Gasteiger partial charge on any atom is 0.130 e. The van der Waals surface area contributed by atoms with Crippen molar-refractivity contribution in [1.82, 2.24) is 10.3 Å². The van der Waals surface area contributed by atoms with Gasteiger partial charge in [-0.25, -0.2) is 0 Å². The summed E-state index contributed by atoms with van der Waals surface area (Å²) in [7, 11) is 3.56. The Morgan fingerprint density at radius 3 is 2.75 bits per heavy atom. The largest absolute Gasteiger partial charge is 0.497 e. The fourth-order valence-corrected chi connectivity index (χ4v) is 2.03. The third-order valence-electron chi connectivity index (χ3n) is 2.80. The quantitative estimate of drug-likeness (QED) is 0.879. The van der Waals surface area contributed by atoms with Crippen LogP contribution in [0.3, 0.4) is 0 Å². The Hall–Kier alpha value is -1.59. The van der Waals surface area contributed by atoms with Crippen molar-refractivity contribution in [1.29, 1.82) is 0 Å². The third-order valence-corrected chi connectivity index (χ3v) is 3.27. The number of nitrogens with one attached hydrogen (secondary N) is 1. The molecule has 1 aromatic carbocycles. The van der Waals surface area contributed by atoms with Gasteiger partial charge in [0.2, 0.25) is 0 Å². The van der Waals surface area contributed by atoms with Gasteiger partial charge in [-0.3, -0.25) is 4.98 Å². The molecule has 0 saturated heterocycles. The second-order valence-electron chi connectivity index (χ2n) is 4.26. The number of rotatable bonds is 6. The van der Waals surface area contributed by atoms with Crippen LogP contribution in [-0.2, 0) is 13.2 Å². The first kappa shape index (κ1) is 14.8. The number of methoxy groups -OCH3 is 1. The topological polar surface area (TPSA) is 43.4 Å². The first-order valence-electron chi connectivity index (χ1n) is 6.27. The Bertz CT molecular complexity index is 558. The van der Waals surface area contributed by atoms with Gasteiger partial charge in [0, 0.05) is 22.8 Å². The highest BCUT2D eigenvalue weighted by atomic mass is 79.9. The predicted octanol–water partition coefficient (Wildman–Crippen LogP) is 3.15. The molecule has 0 fully saturated rings. The molecule has 0 radical (unpaired) electrons. The van der Waals surface area contributed by atoms with Gasteiger partial charge in [0.25, 0.3) is 0 Å². The minimum absolute atomic E-state index is 0.441. The van der Waals surface area contributed by atoms with Crippen LogP contribution in [-0.4, -0.2) is 19.1 Å². The third kappa shape index (κ3) is 3.95. The number of hydrogen-bond acceptors (Lipinski definition) is 4. The van der Waals surface area contributed by atoms with Crippen molar-refractivity contribution in [2.75, 3.05) is 14.2 Å². The van der Waals surface area contributed by atoms with E-state index in [1.54, 1.807) is 13.3 Å². The van der Waals surface area contributed by atoms with E-state index in [1.165, 1.54) is 0 Å². The van der Waals surface area contributed by atoms with E-state index in [-0.39, 0.29) is 0 Å². The number of ether oxygens (including phenoxy) is 2. The molecule has 0 aliphatic carbocycles. The molecule has 5 heteroatoms. The van der Waals surface area contributed by atoms with Crippen molar-refractivity contribution < 1.29 is 9.47 Å². The number of hydrogen-bond donors (Lipinski definition) is 1. The van der Waals surface area contributed by atoms with Gasteiger partial charge in [0.15, 0.2) is 0 Å². The zero-order valence-electron chi connectivity index (χ0n) is 11.5. The molecule has 0 bridgehead atoms. The average molecular weight is 337 g/mol. The van der Waals surface area contributed by atoms with Crippen molar-refractivity contribution in [3.63, 3.8) is 0 Å². The molecule has 0 unspecified atom stereocenters. The summed E-state index contributed by atoms with van der Waals surface area (Å²) in [6.45, 7) is 1.16. The maximum absolute atomic E-state index is 5.84. The van der Waals surface area contributed by atoms with E-state index in [4.69, 9.17) is 9.47 Å². The summed E-state index contributed by atoms with van der Waals surface area (Å²) in [4.78, 5) is 4.29. The summed E-state index contributed by atoms with van der Waals surface area (Å²) < 4.78 is 12.0. The summed E-state index contributed by atoms with van der Waals surface area (Å²) in [5.41, 5.74) is 1.95. The standard InChI is InChI=1S/C15H17BrN2O2/c1-17-8-11-7-14(19-2)5-6-15(11)20-10-13-4-3-12(16)9-18-13/h3-7,9,17H,8,10H2,1-2H3. The van der Waals surface area contributed by atoms with E-state index in [2.05, 4.69) is 26.2 Å². The first-order chi connectivity index (χ1) is 9.72. The molecule has 0 aliphatic rings. The summed E-state index contributed by atoms with van der Waals surface area (Å²) in [6, 6.07) is 9.67. The van der Waals surface area contributed by atoms with Gasteiger partial charge in [-0.05, 0) is 53.3 Å². The van der Waals surface area contributed by atoms with E-state index >= 15 is 0 Å².